The van der Waals surface area contributed by atoms with Crippen molar-refractivity contribution in [3.63, 3.8) is 0 Å². The number of aliphatic hydroxyl groups is 1. The van der Waals surface area contributed by atoms with Crippen LogP contribution in [0.2, 0.25) is 0 Å². The van der Waals surface area contributed by atoms with E-state index in [-0.39, 0.29) is 0 Å². The van der Waals surface area contributed by atoms with Gasteiger partial charge in [0.25, 0.3) is 0 Å². The number of ether oxygens (including phenoxy) is 3. The lowest BCUT2D eigenvalue weighted by Gasteiger charge is -2.53. The number of hydrogen-bond acceptors (Lipinski definition) is 5. The second-order valence-electron chi connectivity index (χ2n) is 7.87. The van der Waals surface area contributed by atoms with Gasteiger partial charge in [-0.1, -0.05) is 33.1 Å². The molecule has 5 nitrogen and oxygen atoms in total. The average molecular weight is 418 g/mol. The average Bonchev–Trinajstić information content (AvgIpc) is 2.63. The molecule has 1 aliphatic carbocycles. The number of rotatable bonds is 5. The molecule has 2 aliphatic rings. The highest BCUT2D eigenvalue weighted by Crippen LogP contribution is 2.55. The summed E-state index contributed by atoms with van der Waals surface area (Å²) in [5.74, 6) is -11.7. The smallest absolute Gasteiger partial charge is 0.449 e. The molecule has 10 heteroatoms. The second kappa shape index (κ2) is 8.02. The van der Waals surface area contributed by atoms with Gasteiger partial charge in [-0.25, -0.2) is 0 Å². The third-order valence-corrected chi connectivity index (χ3v) is 5.68. The summed E-state index contributed by atoms with van der Waals surface area (Å²) in [6.45, 7) is 2.74. The molecule has 0 aromatic heterocycles. The molecule has 0 bridgehead atoms. The number of carbonyl (C=O) groups is 1. The van der Waals surface area contributed by atoms with E-state index in [1.165, 1.54) is 6.92 Å². The van der Waals surface area contributed by atoms with Crippen LogP contribution in [0.4, 0.5) is 22.0 Å². The second-order valence-corrected chi connectivity index (χ2v) is 7.87. The minimum Gasteiger partial charge on any atom is -0.462 e. The predicted octanol–water partition coefficient (Wildman–Crippen LogP) is 4.17. The molecule has 2 rings (SSSR count). The summed E-state index contributed by atoms with van der Waals surface area (Å²) in [5, 5.41) is 9.98. The van der Waals surface area contributed by atoms with Crippen molar-refractivity contribution in [1.82, 2.24) is 0 Å². The number of esters is 1. The lowest BCUT2D eigenvalue weighted by molar-refractivity contribution is -0.526. The molecular weight excluding hydrogens is 391 g/mol. The predicted molar refractivity (Wildman–Crippen MR) is 87.3 cm³/mol. The molecule has 0 radical (unpaired) electrons. The van der Waals surface area contributed by atoms with Crippen LogP contribution in [-0.4, -0.2) is 47.5 Å². The molecular formula is C18H27F5O5. The van der Waals surface area contributed by atoms with Crippen LogP contribution >= 0.6 is 0 Å². The molecule has 0 amide bonds. The zero-order valence-electron chi connectivity index (χ0n) is 16.2. The van der Waals surface area contributed by atoms with Gasteiger partial charge in [-0.3, -0.25) is 4.79 Å². The first kappa shape index (κ1) is 23.3. The highest BCUT2D eigenvalue weighted by atomic mass is 19.4. The van der Waals surface area contributed by atoms with Gasteiger partial charge >= 0.3 is 23.9 Å². The van der Waals surface area contributed by atoms with Crippen LogP contribution in [0.15, 0.2) is 0 Å². The summed E-state index contributed by atoms with van der Waals surface area (Å²) >= 11 is 0. The lowest BCUT2D eigenvalue weighted by Crippen LogP contribution is -2.76. The molecule has 0 spiro atoms. The number of carbonyl (C=O) groups excluding carboxylic acids is 1. The Labute approximate surface area is 160 Å². The Morgan fingerprint density at radius 2 is 1.79 bits per heavy atom. The summed E-state index contributed by atoms with van der Waals surface area (Å²) in [4.78, 5) is 11.9. The van der Waals surface area contributed by atoms with E-state index < -0.39 is 54.2 Å². The highest BCUT2D eigenvalue weighted by molar-refractivity contribution is 5.71. The number of hydrogen-bond donors (Lipinski definition) is 1. The molecule has 164 valence electrons. The molecule has 1 N–H and O–H groups in total. The summed E-state index contributed by atoms with van der Waals surface area (Å²) in [6.07, 6.45) is -4.02. The van der Waals surface area contributed by atoms with Crippen LogP contribution in [0.25, 0.3) is 0 Å². The van der Waals surface area contributed by atoms with E-state index >= 15 is 0 Å². The molecule has 1 heterocycles. The Balaban J connectivity index is 2.35. The molecule has 4 unspecified atom stereocenters. The number of alkyl halides is 5. The van der Waals surface area contributed by atoms with Crippen molar-refractivity contribution in [3.05, 3.63) is 0 Å². The molecule has 1 saturated heterocycles. The monoisotopic (exact) mass is 418 g/mol. The van der Waals surface area contributed by atoms with Gasteiger partial charge in [0, 0.05) is 5.92 Å². The lowest BCUT2D eigenvalue weighted by atomic mass is 9.85. The van der Waals surface area contributed by atoms with Crippen molar-refractivity contribution < 1.29 is 46.1 Å². The van der Waals surface area contributed by atoms with Crippen molar-refractivity contribution in [3.8, 4) is 0 Å². The van der Waals surface area contributed by atoms with Crippen molar-refractivity contribution in [2.45, 2.75) is 89.1 Å². The third kappa shape index (κ3) is 4.00. The Morgan fingerprint density at radius 3 is 2.29 bits per heavy atom. The molecule has 1 saturated carbocycles. The van der Waals surface area contributed by atoms with Gasteiger partial charge in [-0.15, -0.1) is 0 Å². The quantitative estimate of drug-likeness (QED) is 0.536. The van der Waals surface area contributed by atoms with Crippen molar-refractivity contribution in [1.29, 1.82) is 0 Å². The summed E-state index contributed by atoms with van der Waals surface area (Å²) < 4.78 is 84.7. The van der Waals surface area contributed by atoms with Crippen molar-refractivity contribution >= 4 is 5.97 Å². The van der Waals surface area contributed by atoms with E-state index in [1.54, 1.807) is 6.92 Å². The molecule has 28 heavy (non-hydrogen) atoms. The first-order valence-electron chi connectivity index (χ1n) is 9.48. The van der Waals surface area contributed by atoms with E-state index in [1.807, 2.05) is 0 Å². The molecule has 0 aromatic carbocycles. The van der Waals surface area contributed by atoms with E-state index in [0.717, 1.165) is 6.42 Å². The SMILES string of the molecule is CCC(C)C(=O)OCC1(C)OC(C2CCCCC2)OC(O)(C(F)(F)F)C1(F)F. The van der Waals surface area contributed by atoms with Gasteiger partial charge in [0.1, 0.15) is 6.61 Å². The minimum absolute atomic E-state index is 0.368. The van der Waals surface area contributed by atoms with Crippen LogP contribution in [-0.2, 0) is 19.0 Å². The Bertz CT molecular complexity index is 563. The zero-order valence-corrected chi connectivity index (χ0v) is 16.2. The fraction of sp³-hybridized carbons (Fsp3) is 0.944. The van der Waals surface area contributed by atoms with Crippen LogP contribution in [0.5, 0.6) is 0 Å². The summed E-state index contributed by atoms with van der Waals surface area (Å²) in [6, 6.07) is 0. The minimum atomic E-state index is -5.78. The van der Waals surface area contributed by atoms with Crippen LogP contribution in [0, 0.1) is 11.8 Å². The van der Waals surface area contributed by atoms with Gasteiger partial charge in [-0.2, -0.15) is 22.0 Å². The molecule has 1 aliphatic heterocycles. The van der Waals surface area contributed by atoms with Gasteiger partial charge in [0.2, 0.25) is 0 Å². The van der Waals surface area contributed by atoms with Gasteiger partial charge in [0.15, 0.2) is 11.9 Å². The first-order chi connectivity index (χ1) is 12.8. The Hall–Kier alpha value is -1.00. The maximum atomic E-state index is 14.9. The van der Waals surface area contributed by atoms with Crippen LogP contribution in [0.1, 0.15) is 59.3 Å². The van der Waals surface area contributed by atoms with Gasteiger partial charge in [0.05, 0.1) is 5.92 Å². The standard InChI is InChI=1S/C18H27F5O5/c1-4-11(2)13(24)26-10-15(3)16(19,20)17(25,18(21,22)23)28-14(27-15)12-8-6-5-7-9-12/h11-12,14,25H,4-10H2,1-3H3. The first-order valence-corrected chi connectivity index (χ1v) is 9.48. The normalized spacial score (nSPS) is 35.4. The summed E-state index contributed by atoms with van der Waals surface area (Å²) in [7, 11) is 0. The molecule has 2 fully saturated rings. The Morgan fingerprint density at radius 1 is 1.21 bits per heavy atom. The largest absolute Gasteiger partial charge is 0.462 e. The van der Waals surface area contributed by atoms with E-state index in [4.69, 9.17) is 9.47 Å². The number of halogens is 5. The van der Waals surface area contributed by atoms with Gasteiger partial charge < -0.3 is 19.3 Å². The fourth-order valence-corrected chi connectivity index (χ4v) is 3.44. The third-order valence-electron chi connectivity index (χ3n) is 5.68. The maximum absolute atomic E-state index is 14.9. The van der Waals surface area contributed by atoms with Crippen LogP contribution < -0.4 is 0 Å². The highest BCUT2D eigenvalue weighted by Gasteiger charge is 2.81. The Kier molecular flexibility index (Phi) is 6.67. The summed E-state index contributed by atoms with van der Waals surface area (Å²) in [5.41, 5.74) is -2.92. The van der Waals surface area contributed by atoms with E-state index in [2.05, 4.69) is 4.74 Å². The molecule has 0 aromatic rings. The maximum Gasteiger partial charge on any atom is 0.449 e. The van der Waals surface area contributed by atoms with E-state index in [9.17, 15) is 31.9 Å². The van der Waals surface area contributed by atoms with Gasteiger partial charge in [-0.05, 0) is 26.2 Å². The van der Waals surface area contributed by atoms with Crippen molar-refractivity contribution in [2.75, 3.05) is 6.61 Å². The molecule has 4 atom stereocenters. The fourth-order valence-electron chi connectivity index (χ4n) is 3.44. The van der Waals surface area contributed by atoms with Crippen molar-refractivity contribution in [2.24, 2.45) is 11.8 Å². The topological polar surface area (TPSA) is 65.0 Å². The van der Waals surface area contributed by atoms with E-state index in [0.29, 0.717) is 39.0 Å². The zero-order chi connectivity index (χ0) is 21.4. The van der Waals surface area contributed by atoms with Crippen LogP contribution in [0.3, 0.4) is 0 Å².